The van der Waals surface area contributed by atoms with Crippen LogP contribution in [-0.2, 0) is 6.54 Å². The summed E-state index contributed by atoms with van der Waals surface area (Å²) in [6, 6.07) is 3.18. The highest BCUT2D eigenvalue weighted by Gasteiger charge is 2.09. The Hall–Kier alpha value is -1.29. The van der Waals surface area contributed by atoms with Crippen LogP contribution in [0.4, 0.5) is 5.69 Å². The number of rotatable bonds is 7. The van der Waals surface area contributed by atoms with E-state index in [0.29, 0.717) is 24.1 Å². The highest BCUT2D eigenvalue weighted by Crippen LogP contribution is 2.04. The number of nitrogens with zero attached hydrogens (tertiary/aromatic N) is 2. The van der Waals surface area contributed by atoms with Gasteiger partial charge in [0.05, 0.1) is 0 Å². The van der Waals surface area contributed by atoms with E-state index in [1.54, 1.807) is 16.8 Å². The molecule has 0 aliphatic rings. The number of hydrogen-bond donors (Lipinski definition) is 1. The average molecular weight is 265 g/mol. The first-order valence-corrected chi connectivity index (χ1v) is 7.06. The third kappa shape index (κ3) is 5.92. The molecule has 4 nitrogen and oxygen atoms in total. The van der Waals surface area contributed by atoms with E-state index in [2.05, 4.69) is 32.6 Å². The molecule has 0 aromatic carbocycles. The summed E-state index contributed by atoms with van der Waals surface area (Å²) < 4.78 is 1.70. The summed E-state index contributed by atoms with van der Waals surface area (Å²) in [5, 5.41) is 0. The Morgan fingerprint density at radius 2 is 1.74 bits per heavy atom. The second kappa shape index (κ2) is 7.34. The summed E-state index contributed by atoms with van der Waals surface area (Å²) in [6.07, 6.45) is 1.73. The van der Waals surface area contributed by atoms with Gasteiger partial charge in [0.25, 0.3) is 5.56 Å². The van der Waals surface area contributed by atoms with Gasteiger partial charge in [-0.05, 0) is 17.9 Å². The minimum absolute atomic E-state index is 0.0169. The number of anilines is 1. The molecule has 1 heterocycles. The van der Waals surface area contributed by atoms with Crippen molar-refractivity contribution in [3.05, 3.63) is 28.7 Å². The van der Waals surface area contributed by atoms with E-state index < -0.39 is 0 Å². The normalized spacial score (nSPS) is 11.7. The molecule has 0 fully saturated rings. The molecule has 0 bridgehead atoms. The van der Waals surface area contributed by atoms with Gasteiger partial charge < -0.3 is 15.2 Å². The number of aromatic nitrogens is 1. The van der Waals surface area contributed by atoms with E-state index in [1.807, 2.05) is 0 Å². The molecule has 0 atom stereocenters. The van der Waals surface area contributed by atoms with Gasteiger partial charge in [-0.2, -0.15) is 0 Å². The van der Waals surface area contributed by atoms with Gasteiger partial charge in [0.2, 0.25) is 0 Å². The van der Waals surface area contributed by atoms with Crippen molar-refractivity contribution in [2.75, 3.05) is 25.4 Å². The standard InChI is InChI=1S/C15H27N3O/c1-12(2)9-17(10-13(3)4)7-8-18-11-14(16)5-6-15(18)19/h5-6,11-13H,7-10,16H2,1-4H3. The van der Waals surface area contributed by atoms with Gasteiger partial charge in [-0.3, -0.25) is 4.79 Å². The molecule has 0 radical (unpaired) electrons. The Morgan fingerprint density at radius 3 is 2.26 bits per heavy atom. The molecule has 0 saturated heterocycles. The zero-order chi connectivity index (χ0) is 14.4. The summed E-state index contributed by atoms with van der Waals surface area (Å²) in [5.41, 5.74) is 6.38. The van der Waals surface area contributed by atoms with Gasteiger partial charge in [-0.1, -0.05) is 27.7 Å². The SMILES string of the molecule is CC(C)CN(CCn1cc(N)ccc1=O)CC(C)C. The molecule has 19 heavy (non-hydrogen) atoms. The van der Waals surface area contributed by atoms with Crippen molar-refractivity contribution in [3.63, 3.8) is 0 Å². The van der Waals surface area contributed by atoms with Crippen molar-refractivity contribution in [2.45, 2.75) is 34.2 Å². The zero-order valence-corrected chi connectivity index (χ0v) is 12.6. The number of pyridine rings is 1. The molecule has 0 unspecified atom stereocenters. The highest BCUT2D eigenvalue weighted by molar-refractivity contribution is 5.33. The average Bonchev–Trinajstić information content (AvgIpc) is 2.28. The minimum atomic E-state index is 0.0169. The maximum atomic E-state index is 11.7. The van der Waals surface area contributed by atoms with E-state index in [-0.39, 0.29) is 5.56 Å². The van der Waals surface area contributed by atoms with Crippen LogP contribution in [0.25, 0.3) is 0 Å². The molecule has 0 amide bonds. The number of nitrogen functional groups attached to an aromatic ring is 1. The topological polar surface area (TPSA) is 51.3 Å². The van der Waals surface area contributed by atoms with Crippen molar-refractivity contribution in [1.82, 2.24) is 9.47 Å². The highest BCUT2D eigenvalue weighted by atomic mass is 16.1. The van der Waals surface area contributed by atoms with E-state index in [0.717, 1.165) is 19.6 Å². The lowest BCUT2D eigenvalue weighted by atomic mass is 10.1. The van der Waals surface area contributed by atoms with Gasteiger partial charge in [-0.25, -0.2) is 0 Å². The lowest BCUT2D eigenvalue weighted by Crippen LogP contribution is -2.35. The Kier molecular flexibility index (Phi) is 6.09. The van der Waals surface area contributed by atoms with E-state index >= 15 is 0 Å². The molecular formula is C15H27N3O. The Morgan fingerprint density at radius 1 is 1.16 bits per heavy atom. The lowest BCUT2D eigenvalue weighted by molar-refractivity contribution is 0.211. The fourth-order valence-electron chi connectivity index (χ4n) is 2.26. The van der Waals surface area contributed by atoms with E-state index in [4.69, 9.17) is 5.73 Å². The third-order valence-electron chi connectivity index (χ3n) is 2.91. The van der Waals surface area contributed by atoms with Crippen molar-refractivity contribution in [2.24, 2.45) is 11.8 Å². The van der Waals surface area contributed by atoms with Crippen LogP contribution in [0.3, 0.4) is 0 Å². The first kappa shape index (κ1) is 15.8. The molecule has 2 N–H and O–H groups in total. The molecule has 1 rings (SSSR count). The van der Waals surface area contributed by atoms with Crippen LogP contribution in [0.1, 0.15) is 27.7 Å². The van der Waals surface area contributed by atoms with Gasteiger partial charge in [0.15, 0.2) is 0 Å². The van der Waals surface area contributed by atoms with Gasteiger partial charge in [0, 0.05) is 44.1 Å². The molecule has 0 aliphatic carbocycles. The maximum Gasteiger partial charge on any atom is 0.250 e. The third-order valence-corrected chi connectivity index (χ3v) is 2.91. The van der Waals surface area contributed by atoms with Crippen molar-refractivity contribution >= 4 is 5.69 Å². The Bertz CT molecular complexity index is 427. The summed E-state index contributed by atoms with van der Waals surface area (Å²) in [7, 11) is 0. The fraction of sp³-hybridized carbons (Fsp3) is 0.667. The summed E-state index contributed by atoms with van der Waals surface area (Å²) in [5.74, 6) is 1.27. The molecule has 1 aromatic heterocycles. The van der Waals surface area contributed by atoms with Crippen LogP contribution in [0.15, 0.2) is 23.1 Å². The summed E-state index contributed by atoms with van der Waals surface area (Å²) in [4.78, 5) is 14.1. The first-order chi connectivity index (χ1) is 8.88. The van der Waals surface area contributed by atoms with Crippen LogP contribution in [0, 0.1) is 11.8 Å². The monoisotopic (exact) mass is 265 g/mol. The van der Waals surface area contributed by atoms with Crippen LogP contribution < -0.4 is 11.3 Å². The van der Waals surface area contributed by atoms with Crippen LogP contribution >= 0.6 is 0 Å². The molecule has 4 heteroatoms. The number of hydrogen-bond acceptors (Lipinski definition) is 3. The Balaban J connectivity index is 2.64. The van der Waals surface area contributed by atoms with E-state index in [1.165, 1.54) is 6.07 Å². The van der Waals surface area contributed by atoms with Crippen molar-refractivity contribution in [1.29, 1.82) is 0 Å². The Labute approximate surface area is 116 Å². The second-order valence-electron chi connectivity index (χ2n) is 6.04. The zero-order valence-electron chi connectivity index (χ0n) is 12.6. The largest absolute Gasteiger partial charge is 0.398 e. The fourth-order valence-corrected chi connectivity index (χ4v) is 2.26. The first-order valence-electron chi connectivity index (χ1n) is 7.06. The molecule has 0 spiro atoms. The summed E-state index contributed by atoms with van der Waals surface area (Å²) >= 11 is 0. The molecule has 0 aliphatic heterocycles. The smallest absolute Gasteiger partial charge is 0.250 e. The van der Waals surface area contributed by atoms with Crippen molar-refractivity contribution < 1.29 is 0 Å². The minimum Gasteiger partial charge on any atom is -0.398 e. The van der Waals surface area contributed by atoms with E-state index in [9.17, 15) is 4.79 Å². The molecule has 0 saturated carbocycles. The van der Waals surface area contributed by atoms with Crippen LogP contribution in [-0.4, -0.2) is 29.1 Å². The maximum absolute atomic E-state index is 11.7. The quantitative estimate of drug-likeness (QED) is 0.821. The molecule has 1 aromatic rings. The van der Waals surface area contributed by atoms with Crippen LogP contribution in [0.5, 0.6) is 0 Å². The van der Waals surface area contributed by atoms with Gasteiger partial charge in [-0.15, -0.1) is 0 Å². The van der Waals surface area contributed by atoms with Gasteiger partial charge >= 0.3 is 0 Å². The van der Waals surface area contributed by atoms with Crippen LogP contribution in [0.2, 0.25) is 0 Å². The number of nitrogens with two attached hydrogens (primary N) is 1. The molecular weight excluding hydrogens is 238 g/mol. The predicted octanol–water partition coefficient (Wildman–Crippen LogP) is 2.04. The predicted molar refractivity (Wildman–Crippen MR) is 81.2 cm³/mol. The lowest BCUT2D eigenvalue weighted by Gasteiger charge is -2.26. The van der Waals surface area contributed by atoms with Gasteiger partial charge in [0.1, 0.15) is 0 Å². The van der Waals surface area contributed by atoms with Crippen molar-refractivity contribution in [3.8, 4) is 0 Å². The molecule has 108 valence electrons. The second-order valence-corrected chi connectivity index (χ2v) is 6.04. The summed E-state index contributed by atoms with van der Waals surface area (Å²) in [6.45, 7) is 12.6.